The molecule has 7 heteroatoms. The molecule has 3 atom stereocenters. The summed E-state index contributed by atoms with van der Waals surface area (Å²) in [6, 6.07) is 0. The molecule has 0 amide bonds. The number of esters is 1. The van der Waals surface area contributed by atoms with Crippen LogP contribution in [-0.2, 0) is 14.3 Å². The number of ether oxygens (including phenoxy) is 2. The molecule has 0 saturated heterocycles. The van der Waals surface area contributed by atoms with E-state index in [1.165, 1.54) is 11.1 Å². The fourth-order valence-corrected chi connectivity index (χ4v) is 4.42. The van der Waals surface area contributed by atoms with Crippen molar-refractivity contribution in [3.63, 3.8) is 0 Å². The van der Waals surface area contributed by atoms with Crippen LogP contribution < -0.4 is 0 Å². The summed E-state index contributed by atoms with van der Waals surface area (Å²) < 4.78 is 13.5. The van der Waals surface area contributed by atoms with Gasteiger partial charge in [-0.05, 0) is 47.7 Å². The summed E-state index contributed by atoms with van der Waals surface area (Å²) >= 11 is 3.36. The third-order valence-electron chi connectivity index (χ3n) is 5.24. The van der Waals surface area contributed by atoms with Crippen LogP contribution in [-0.4, -0.2) is 33.9 Å². The molecular weight excluding hydrogens is 386 g/mol. The van der Waals surface area contributed by atoms with Crippen molar-refractivity contribution in [2.45, 2.75) is 33.4 Å². The minimum atomic E-state index is -0.456. The molecular formula is C18H20BrN3O3. The van der Waals surface area contributed by atoms with Crippen molar-refractivity contribution in [2.75, 3.05) is 13.2 Å². The van der Waals surface area contributed by atoms with Gasteiger partial charge in [0, 0.05) is 17.1 Å². The molecule has 132 valence electrons. The van der Waals surface area contributed by atoms with Gasteiger partial charge in [-0.1, -0.05) is 24.6 Å². The lowest BCUT2D eigenvalue weighted by atomic mass is 9.64. The maximum atomic E-state index is 12.2. The maximum absolute atomic E-state index is 12.2. The molecule has 0 saturated carbocycles. The number of hydrogen-bond donors (Lipinski definition) is 0. The molecule has 0 spiro atoms. The molecule has 4 rings (SSSR count). The molecule has 0 bridgehead atoms. The summed E-state index contributed by atoms with van der Waals surface area (Å²) in [5.41, 5.74) is 2.88. The second-order valence-corrected chi connectivity index (χ2v) is 7.43. The summed E-state index contributed by atoms with van der Waals surface area (Å²) in [4.78, 5) is 16.7. The molecule has 1 aliphatic carbocycles. The molecule has 3 unspecified atom stereocenters. The number of rotatable bonds is 2. The number of carbonyl (C=O) groups excluding carboxylic acids is 1. The summed E-state index contributed by atoms with van der Waals surface area (Å²) in [7, 11) is 0. The first kappa shape index (κ1) is 16.7. The van der Waals surface area contributed by atoms with E-state index >= 15 is 0 Å². The van der Waals surface area contributed by atoms with Crippen LogP contribution in [0.1, 0.15) is 39.2 Å². The van der Waals surface area contributed by atoms with Crippen molar-refractivity contribution in [2.24, 2.45) is 11.3 Å². The Morgan fingerprint density at radius 1 is 1.60 bits per heavy atom. The van der Waals surface area contributed by atoms with Gasteiger partial charge in [0.15, 0.2) is 12.1 Å². The highest BCUT2D eigenvalue weighted by Gasteiger charge is 2.49. The van der Waals surface area contributed by atoms with Gasteiger partial charge in [-0.25, -0.2) is 14.5 Å². The Morgan fingerprint density at radius 2 is 2.40 bits per heavy atom. The fraction of sp³-hybridized carbons (Fsp3) is 0.500. The molecule has 25 heavy (non-hydrogen) atoms. The first-order valence-electron chi connectivity index (χ1n) is 8.51. The summed E-state index contributed by atoms with van der Waals surface area (Å²) in [6.07, 6.45) is 6.53. The van der Waals surface area contributed by atoms with E-state index in [-0.39, 0.29) is 12.2 Å². The monoisotopic (exact) mass is 405 g/mol. The van der Waals surface area contributed by atoms with Crippen molar-refractivity contribution >= 4 is 27.5 Å². The second kappa shape index (κ2) is 5.92. The molecule has 1 aromatic rings. The first-order chi connectivity index (χ1) is 12.0. The number of nitrogens with zero attached hydrogens (tertiary/aromatic N) is 3. The highest BCUT2D eigenvalue weighted by molar-refractivity contribution is 9.10. The van der Waals surface area contributed by atoms with Crippen molar-refractivity contribution < 1.29 is 14.3 Å². The Balaban J connectivity index is 1.98. The summed E-state index contributed by atoms with van der Waals surface area (Å²) in [6.45, 7) is 7.10. The average molecular weight is 406 g/mol. The highest BCUT2D eigenvalue weighted by atomic mass is 79.9. The van der Waals surface area contributed by atoms with Gasteiger partial charge in [0.25, 0.3) is 0 Å². The van der Waals surface area contributed by atoms with Gasteiger partial charge in [-0.3, -0.25) is 0 Å². The molecule has 0 fully saturated rings. The van der Waals surface area contributed by atoms with E-state index in [4.69, 9.17) is 9.47 Å². The minimum absolute atomic E-state index is 0.283. The SMILES string of the molecule is CCOC(=O)/C=C1\c2nc(Br)nn2C2OCCC3=C2C1(C)C=CC3C. The Labute approximate surface area is 154 Å². The van der Waals surface area contributed by atoms with Gasteiger partial charge < -0.3 is 9.47 Å². The molecule has 6 nitrogen and oxygen atoms in total. The number of allylic oxidation sites excluding steroid dienone is 3. The van der Waals surface area contributed by atoms with Crippen LogP contribution in [0.4, 0.5) is 0 Å². The number of carbonyl (C=O) groups is 1. The third-order valence-corrected chi connectivity index (χ3v) is 5.58. The Bertz CT molecular complexity index is 839. The zero-order valence-electron chi connectivity index (χ0n) is 14.5. The largest absolute Gasteiger partial charge is 0.463 e. The van der Waals surface area contributed by atoms with E-state index in [0.717, 1.165) is 12.0 Å². The van der Waals surface area contributed by atoms with E-state index in [9.17, 15) is 4.79 Å². The van der Waals surface area contributed by atoms with E-state index in [0.29, 0.717) is 29.7 Å². The Morgan fingerprint density at radius 3 is 3.16 bits per heavy atom. The maximum Gasteiger partial charge on any atom is 0.331 e. The number of aromatic nitrogens is 3. The van der Waals surface area contributed by atoms with Crippen LogP contribution in [0.3, 0.4) is 0 Å². The molecule has 0 radical (unpaired) electrons. The van der Waals surface area contributed by atoms with E-state index < -0.39 is 5.41 Å². The number of fused-ring (bicyclic) bond motifs is 2. The fourth-order valence-electron chi connectivity index (χ4n) is 4.08. The lowest BCUT2D eigenvalue weighted by Gasteiger charge is -2.47. The first-order valence-corrected chi connectivity index (χ1v) is 9.30. The number of halogens is 1. The van der Waals surface area contributed by atoms with Crippen LogP contribution in [0, 0.1) is 11.3 Å². The molecule has 2 aliphatic heterocycles. The van der Waals surface area contributed by atoms with Crippen molar-refractivity contribution in [3.8, 4) is 0 Å². The lowest BCUT2D eigenvalue weighted by molar-refractivity contribution is -0.137. The standard InChI is InChI=1S/C18H20BrN3O3/c1-4-24-13(23)9-12-15-20-17(19)21-22(15)16-14-11(6-8-25-16)10(2)5-7-18(12,14)3/h5,7,9-10,16H,4,6,8H2,1-3H3/b12-9+. The van der Waals surface area contributed by atoms with Crippen molar-refractivity contribution in [3.05, 3.63) is 39.9 Å². The highest BCUT2D eigenvalue weighted by Crippen LogP contribution is 2.57. The Kier molecular flexibility index (Phi) is 3.96. The normalized spacial score (nSPS) is 31.8. The smallest absolute Gasteiger partial charge is 0.331 e. The minimum Gasteiger partial charge on any atom is -0.463 e. The Hall–Kier alpha value is -1.73. The van der Waals surface area contributed by atoms with Gasteiger partial charge in [-0.2, -0.15) is 0 Å². The topological polar surface area (TPSA) is 66.2 Å². The predicted octanol–water partition coefficient (Wildman–Crippen LogP) is 3.43. The van der Waals surface area contributed by atoms with Crippen LogP contribution >= 0.6 is 15.9 Å². The van der Waals surface area contributed by atoms with Crippen molar-refractivity contribution in [1.29, 1.82) is 0 Å². The molecule has 3 aliphatic rings. The van der Waals surface area contributed by atoms with Gasteiger partial charge in [0.1, 0.15) is 0 Å². The van der Waals surface area contributed by atoms with E-state index in [1.54, 1.807) is 17.7 Å². The van der Waals surface area contributed by atoms with Gasteiger partial charge >= 0.3 is 5.97 Å². The molecule has 0 N–H and O–H groups in total. The van der Waals surface area contributed by atoms with Crippen LogP contribution in [0.15, 0.2) is 34.1 Å². The van der Waals surface area contributed by atoms with Crippen molar-refractivity contribution in [1.82, 2.24) is 14.8 Å². The van der Waals surface area contributed by atoms with E-state index in [1.807, 2.05) is 0 Å². The van der Waals surface area contributed by atoms with Gasteiger partial charge in [-0.15, -0.1) is 5.10 Å². The second-order valence-electron chi connectivity index (χ2n) is 6.72. The van der Waals surface area contributed by atoms with Gasteiger partial charge in [0.05, 0.1) is 13.2 Å². The lowest BCUT2D eigenvalue weighted by Crippen LogP contribution is -2.41. The molecule has 0 aromatic carbocycles. The molecule has 3 heterocycles. The average Bonchev–Trinajstić information content (AvgIpc) is 2.97. The summed E-state index contributed by atoms with van der Waals surface area (Å²) in [5.74, 6) is 0.622. The summed E-state index contributed by atoms with van der Waals surface area (Å²) in [5, 5.41) is 4.47. The van der Waals surface area contributed by atoms with Crippen LogP contribution in [0.2, 0.25) is 0 Å². The number of hydrogen-bond acceptors (Lipinski definition) is 5. The van der Waals surface area contributed by atoms with E-state index in [2.05, 4.69) is 52.0 Å². The third kappa shape index (κ3) is 2.44. The van der Waals surface area contributed by atoms with Crippen LogP contribution in [0.5, 0.6) is 0 Å². The van der Waals surface area contributed by atoms with Crippen LogP contribution in [0.25, 0.3) is 5.57 Å². The predicted molar refractivity (Wildman–Crippen MR) is 95.4 cm³/mol. The zero-order chi connectivity index (χ0) is 17.8. The molecule has 1 aromatic heterocycles. The zero-order valence-corrected chi connectivity index (χ0v) is 16.0. The van der Waals surface area contributed by atoms with Gasteiger partial charge in [0.2, 0.25) is 4.73 Å². The quantitative estimate of drug-likeness (QED) is 0.428.